The lowest BCUT2D eigenvalue weighted by Crippen LogP contribution is -2.20. The maximum Gasteiger partial charge on any atom is 0.240 e. The van der Waals surface area contributed by atoms with Crippen molar-refractivity contribution in [2.75, 3.05) is 0 Å². The maximum atomic E-state index is 11.7. The van der Waals surface area contributed by atoms with Gasteiger partial charge in [0.1, 0.15) is 11.5 Å². The first-order chi connectivity index (χ1) is 13.0. The van der Waals surface area contributed by atoms with Crippen LogP contribution in [0.2, 0.25) is 0 Å². The number of hydrogen-bond acceptors (Lipinski definition) is 6. The molecule has 0 heterocycles. The third-order valence-corrected chi connectivity index (χ3v) is 3.35. The molecule has 2 aromatic carbocycles. The van der Waals surface area contributed by atoms with E-state index in [1.54, 1.807) is 24.3 Å². The fraction of sp³-hybridized carbons (Fsp3) is 0.158. The van der Waals surface area contributed by atoms with Gasteiger partial charge < -0.3 is 10.2 Å². The van der Waals surface area contributed by atoms with E-state index in [1.165, 1.54) is 36.7 Å². The molecule has 0 radical (unpaired) electrons. The number of hydrazone groups is 2. The van der Waals surface area contributed by atoms with Gasteiger partial charge in [0.05, 0.1) is 12.4 Å². The van der Waals surface area contributed by atoms with E-state index in [1.807, 2.05) is 0 Å². The zero-order chi connectivity index (χ0) is 19.5. The second-order valence-electron chi connectivity index (χ2n) is 5.63. The summed E-state index contributed by atoms with van der Waals surface area (Å²) >= 11 is 0. The predicted molar refractivity (Wildman–Crippen MR) is 102 cm³/mol. The molecule has 2 rings (SSSR count). The zero-order valence-corrected chi connectivity index (χ0v) is 14.5. The van der Waals surface area contributed by atoms with Crippen LogP contribution < -0.4 is 10.9 Å². The summed E-state index contributed by atoms with van der Waals surface area (Å²) in [5, 5.41) is 26.2. The quantitative estimate of drug-likeness (QED) is 0.419. The Kier molecular flexibility index (Phi) is 7.52. The molecule has 0 aliphatic heterocycles. The summed E-state index contributed by atoms with van der Waals surface area (Å²) in [6.07, 6.45) is 3.46. The number of phenols is 2. The van der Waals surface area contributed by atoms with Crippen LogP contribution in [0.1, 0.15) is 30.4 Å². The largest absolute Gasteiger partial charge is 0.508 e. The van der Waals surface area contributed by atoms with Crippen molar-refractivity contribution in [3.63, 3.8) is 0 Å². The summed E-state index contributed by atoms with van der Waals surface area (Å²) in [6.45, 7) is 0. The van der Waals surface area contributed by atoms with E-state index in [-0.39, 0.29) is 36.2 Å². The van der Waals surface area contributed by atoms with E-state index >= 15 is 0 Å². The Morgan fingerprint density at radius 3 is 1.67 bits per heavy atom. The molecule has 27 heavy (non-hydrogen) atoms. The van der Waals surface area contributed by atoms with Crippen LogP contribution in [0.4, 0.5) is 0 Å². The highest BCUT2D eigenvalue weighted by atomic mass is 16.3. The highest BCUT2D eigenvalue weighted by molar-refractivity contribution is 5.84. The topological polar surface area (TPSA) is 123 Å². The van der Waals surface area contributed by atoms with Crippen LogP contribution in [0.15, 0.2) is 58.7 Å². The number of nitrogens with zero attached hydrogens (tertiary/aromatic N) is 2. The van der Waals surface area contributed by atoms with Gasteiger partial charge in [-0.1, -0.05) is 24.3 Å². The van der Waals surface area contributed by atoms with E-state index in [4.69, 9.17) is 0 Å². The highest BCUT2D eigenvalue weighted by Gasteiger charge is 2.04. The van der Waals surface area contributed by atoms with Gasteiger partial charge in [-0.05, 0) is 41.8 Å². The number of carbonyl (C=O) groups excluding carboxylic acids is 2. The first-order valence-electron chi connectivity index (χ1n) is 8.25. The van der Waals surface area contributed by atoms with E-state index in [0.717, 1.165) is 0 Å². The minimum atomic E-state index is -0.317. The molecule has 0 fully saturated rings. The number of phenolic OH excluding ortho intramolecular Hbond substituents is 2. The molecule has 2 aromatic rings. The molecule has 0 aliphatic carbocycles. The summed E-state index contributed by atoms with van der Waals surface area (Å²) in [7, 11) is 0. The van der Waals surface area contributed by atoms with Crippen LogP contribution in [0.5, 0.6) is 11.5 Å². The predicted octanol–water partition coefficient (Wildman–Crippen LogP) is 1.87. The van der Waals surface area contributed by atoms with Crippen LogP contribution in [-0.4, -0.2) is 34.5 Å². The number of hydrogen-bond donors (Lipinski definition) is 4. The number of benzene rings is 2. The molecule has 140 valence electrons. The smallest absolute Gasteiger partial charge is 0.240 e. The van der Waals surface area contributed by atoms with E-state index in [0.29, 0.717) is 17.5 Å². The summed E-state index contributed by atoms with van der Waals surface area (Å²) in [4.78, 5) is 23.3. The summed E-state index contributed by atoms with van der Waals surface area (Å²) in [5.41, 5.74) is 6.02. The average Bonchev–Trinajstić information content (AvgIpc) is 2.62. The van der Waals surface area contributed by atoms with Crippen molar-refractivity contribution in [2.45, 2.75) is 19.3 Å². The van der Waals surface area contributed by atoms with Crippen LogP contribution in [0.3, 0.4) is 0 Å². The van der Waals surface area contributed by atoms with Crippen LogP contribution >= 0.6 is 0 Å². The lowest BCUT2D eigenvalue weighted by Gasteiger charge is -2.01. The Morgan fingerprint density at radius 2 is 1.26 bits per heavy atom. The Morgan fingerprint density at radius 1 is 0.815 bits per heavy atom. The van der Waals surface area contributed by atoms with Crippen molar-refractivity contribution in [1.82, 2.24) is 10.9 Å². The summed E-state index contributed by atoms with van der Waals surface area (Å²) < 4.78 is 0. The molecule has 0 unspecified atom stereocenters. The van der Waals surface area contributed by atoms with Gasteiger partial charge in [-0.15, -0.1) is 0 Å². The first kappa shape index (κ1) is 19.6. The number of amides is 2. The molecule has 2 amide bonds. The molecule has 0 saturated heterocycles. The number of rotatable bonds is 8. The van der Waals surface area contributed by atoms with Crippen LogP contribution in [0, 0.1) is 0 Å². The van der Waals surface area contributed by atoms with E-state index in [9.17, 15) is 19.8 Å². The van der Waals surface area contributed by atoms with Gasteiger partial charge in [0, 0.05) is 12.8 Å². The number of carbonyl (C=O) groups is 2. The standard InChI is InChI=1S/C19H20N4O4/c24-16-6-1-4-14(10-16)12-20-22-18(26)8-3-9-19(27)23-21-13-15-5-2-7-17(25)11-15/h1-2,4-7,10-13,24-25H,3,8-9H2,(H,22,26)(H,23,27)/b20-12-,21-13-. The molecule has 0 spiro atoms. The molecule has 4 N–H and O–H groups in total. The molecule has 0 bridgehead atoms. The average molecular weight is 368 g/mol. The lowest BCUT2D eigenvalue weighted by atomic mass is 10.2. The minimum Gasteiger partial charge on any atom is -0.508 e. The summed E-state index contributed by atoms with van der Waals surface area (Å²) in [6, 6.07) is 12.9. The van der Waals surface area contributed by atoms with Gasteiger partial charge in [-0.25, -0.2) is 10.9 Å². The van der Waals surface area contributed by atoms with Gasteiger partial charge in [-0.3, -0.25) is 9.59 Å². The fourth-order valence-corrected chi connectivity index (χ4v) is 2.09. The van der Waals surface area contributed by atoms with Crippen molar-refractivity contribution in [3.8, 4) is 11.5 Å². The van der Waals surface area contributed by atoms with E-state index in [2.05, 4.69) is 21.1 Å². The minimum absolute atomic E-state index is 0.114. The van der Waals surface area contributed by atoms with Crippen molar-refractivity contribution in [2.24, 2.45) is 10.2 Å². The van der Waals surface area contributed by atoms with Gasteiger partial charge in [-0.2, -0.15) is 10.2 Å². The second-order valence-corrected chi connectivity index (χ2v) is 5.63. The third-order valence-electron chi connectivity index (χ3n) is 3.35. The second kappa shape index (κ2) is 10.3. The molecule has 0 aliphatic rings. The third kappa shape index (κ3) is 7.82. The Balaban J connectivity index is 1.63. The number of nitrogens with one attached hydrogen (secondary N) is 2. The van der Waals surface area contributed by atoms with Gasteiger partial charge >= 0.3 is 0 Å². The SMILES string of the molecule is O=C(CCCC(=O)N/N=C\c1cccc(O)c1)N/N=C\c1cccc(O)c1. The van der Waals surface area contributed by atoms with Crippen LogP contribution in [0.25, 0.3) is 0 Å². The zero-order valence-electron chi connectivity index (χ0n) is 14.5. The first-order valence-corrected chi connectivity index (χ1v) is 8.25. The monoisotopic (exact) mass is 368 g/mol. The molecule has 8 nitrogen and oxygen atoms in total. The molecule has 0 saturated carbocycles. The fourth-order valence-electron chi connectivity index (χ4n) is 2.09. The lowest BCUT2D eigenvalue weighted by molar-refractivity contribution is -0.122. The Hall–Kier alpha value is -3.68. The maximum absolute atomic E-state index is 11.7. The molecular weight excluding hydrogens is 348 g/mol. The van der Waals surface area contributed by atoms with Gasteiger partial charge in [0.2, 0.25) is 11.8 Å². The van der Waals surface area contributed by atoms with Crippen molar-refractivity contribution >= 4 is 24.2 Å². The molecule has 8 heteroatoms. The van der Waals surface area contributed by atoms with Crippen molar-refractivity contribution < 1.29 is 19.8 Å². The van der Waals surface area contributed by atoms with Gasteiger partial charge in [0.25, 0.3) is 0 Å². The molecule has 0 atom stereocenters. The summed E-state index contributed by atoms with van der Waals surface area (Å²) in [5.74, 6) is -0.407. The Bertz CT molecular complexity index is 780. The Labute approximate surface area is 156 Å². The normalized spacial score (nSPS) is 11.0. The van der Waals surface area contributed by atoms with E-state index < -0.39 is 0 Å². The van der Waals surface area contributed by atoms with Crippen molar-refractivity contribution in [3.05, 3.63) is 59.7 Å². The highest BCUT2D eigenvalue weighted by Crippen LogP contribution is 2.09. The van der Waals surface area contributed by atoms with Crippen molar-refractivity contribution in [1.29, 1.82) is 0 Å². The number of aromatic hydroxyl groups is 2. The van der Waals surface area contributed by atoms with Gasteiger partial charge in [0.15, 0.2) is 0 Å². The van der Waals surface area contributed by atoms with Crippen LogP contribution in [-0.2, 0) is 9.59 Å². The molecular formula is C19H20N4O4. The molecule has 0 aromatic heterocycles.